The predicted molar refractivity (Wildman–Crippen MR) is 178 cm³/mol. The van der Waals surface area contributed by atoms with Crippen LogP contribution in [0.15, 0.2) is 73.1 Å². The standard InChI is InChI=1S/C19H26F3NO.C18H24F3NO/c1-4-23(13-9-8-10-15(2)3)14-17(18(24)19(20,21)22)16-11-6-5-7-12-16;1-4-22(12-8-9-14(2)3)13-16(17(23)18(19,20)21)15-10-6-5-7-11-15/h5-7,11-12,14-15H,4,8-10,13H2,1-3H3;5-7,10-11,13-14H,4,8-9,12H2,1-3H3/b17-14-;16-13-. The number of allylic oxidation sites excluding steroid dienone is 2. The van der Waals surface area contributed by atoms with Gasteiger partial charge in [0, 0.05) is 38.6 Å². The molecule has 0 atom stereocenters. The first-order valence-corrected chi connectivity index (χ1v) is 16.3. The van der Waals surface area contributed by atoms with Gasteiger partial charge in [-0.05, 0) is 56.1 Å². The van der Waals surface area contributed by atoms with Crippen molar-refractivity contribution in [3.05, 3.63) is 84.2 Å². The van der Waals surface area contributed by atoms with Gasteiger partial charge in [0.25, 0.3) is 11.6 Å². The number of carbonyl (C=O) groups is 2. The van der Waals surface area contributed by atoms with Crippen LogP contribution in [0.2, 0.25) is 0 Å². The lowest BCUT2D eigenvalue weighted by Crippen LogP contribution is -2.27. The predicted octanol–water partition coefficient (Wildman–Crippen LogP) is 10.2. The number of unbranched alkanes of at least 4 members (excludes halogenated alkanes) is 1. The highest BCUT2D eigenvalue weighted by molar-refractivity contribution is 6.23. The van der Waals surface area contributed by atoms with Crippen LogP contribution >= 0.6 is 0 Å². The van der Waals surface area contributed by atoms with E-state index in [2.05, 4.69) is 27.7 Å². The smallest absolute Gasteiger partial charge is 0.377 e. The van der Waals surface area contributed by atoms with Gasteiger partial charge >= 0.3 is 12.4 Å². The summed E-state index contributed by atoms with van der Waals surface area (Å²) in [7, 11) is 0. The molecule has 4 nitrogen and oxygen atoms in total. The fourth-order valence-corrected chi connectivity index (χ4v) is 4.63. The summed E-state index contributed by atoms with van der Waals surface area (Å²) >= 11 is 0. The number of halogens is 6. The maximum atomic E-state index is 12.9. The summed E-state index contributed by atoms with van der Waals surface area (Å²) in [4.78, 5) is 27.2. The zero-order valence-electron chi connectivity index (χ0n) is 28.4. The van der Waals surface area contributed by atoms with E-state index in [-0.39, 0.29) is 16.7 Å². The molecular weight excluding hydrogens is 618 g/mol. The number of ketones is 2. The highest BCUT2D eigenvalue weighted by Gasteiger charge is 2.42. The summed E-state index contributed by atoms with van der Waals surface area (Å²) in [5.41, 5.74) is -0.0177. The molecule has 0 spiro atoms. The summed E-state index contributed by atoms with van der Waals surface area (Å²) in [6.07, 6.45) is -2.15. The van der Waals surface area contributed by atoms with Crippen molar-refractivity contribution < 1.29 is 35.9 Å². The van der Waals surface area contributed by atoms with Crippen molar-refractivity contribution >= 4 is 22.7 Å². The zero-order valence-corrected chi connectivity index (χ0v) is 28.4. The molecule has 0 N–H and O–H groups in total. The number of nitrogens with zero attached hydrogens (tertiary/aromatic N) is 2. The number of benzene rings is 2. The number of hydrogen-bond donors (Lipinski definition) is 0. The lowest BCUT2D eigenvalue weighted by Gasteiger charge is -2.21. The molecule has 0 aliphatic rings. The summed E-state index contributed by atoms with van der Waals surface area (Å²) in [5, 5.41) is 0. The lowest BCUT2D eigenvalue weighted by molar-refractivity contribution is -0.164. The van der Waals surface area contributed by atoms with Crippen LogP contribution in [0.3, 0.4) is 0 Å². The summed E-state index contributed by atoms with van der Waals surface area (Å²) in [6.45, 7) is 14.6. The van der Waals surface area contributed by atoms with Gasteiger partial charge in [-0.25, -0.2) is 0 Å². The number of hydrogen-bond acceptors (Lipinski definition) is 4. The summed E-state index contributed by atoms with van der Waals surface area (Å²) < 4.78 is 77.4. The first kappa shape index (κ1) is 41.5. The molecule has 2 aromatic rings. The quantitative estimate of drug-likeness (QED) is 0.0956. The van der Waals surface area contributed by atoms with E-state index in [1.807, 2.05) is 13.8 Å². The van der Waals surface area contributed by atoms with Crippen molar-refractivity contribution in [2.24, 2.45) is 11.8 Å². The molecule has 0 radical (unpaired) electrons. The van der Waals surface area contributed by atoms with Gasteiger partial charge in [-0.3, -0.25) is 9.59 Å². The molecule has 0 aliphatic carbocycles. The fraction of sp³-hybridized carbons (Fsp3) is 0.514. The van der Waals surface area contributed by atoms with Gasteiger partial charge < -0.3 is 9.80 Å². The van der Waals surface area contributed by atoms with E-state index < -0.39 is 23.9 Å². The lowest BCUT2D eigenvalue weighted by atomic mass is 10.0. The van der Waals surface area contributed by atoms with Gasteiger partial charge in [-0.1, -0.05) is 101 Å². The van der Waals surface area contributed by atoms with Crippen molar-refractivity contribution in [2.75, 3.05) is 26.2 Å². The van der Waals surface area contributed by atoms with E-state index in [4.69, 9.17) is 0 Å². The molecule has 0 aliphatic heterocycles. The molecule has 0 aromatic heterocycles. The van der Waals surface area contributed by atoms with E-state index in [1.54, 1.807) is 46.2 Å². The van der Waals surface area contributed by atoms with Gasteiger partial charge in [0.15, 0.2) is 0 Å². The van der Waals surface area contributed by atoms with Crippen LogP contribution in [0.1, 0.15) is 84.8 Å². The van der Waals surface area contributed by atoms with Crippen molar-refractivity contribution in [3.63, 3.8) is 0 Å². The second-order valence-electron chi connectivity index (χ2n) is 12.2. The largest absolute Gasteiger partial charge is 0.454 e. The molecule has 10 heteroatoms. The van der Waals surface area contributed by atoms with Crippen LogP contribution in [0, 0.1) is 11.8 Å². The van der Waals surface area contributed by atoms with Crippen molar-refractivity contribution in [1.82, 2.24) is 9.80 Å². The van der Waals surface area contributed by atoms with E-state index in [1.165, 1.54) is 36.7 Å². The Labute approximate surface area is 276 Å². The van der Waals surface area contributed by atoms with Crippen LogP contribution in [0.25, 0.3) is 11.1 Å². The number of carbonyl (C=O) groups excluding carboxylic acids is 2. The molecule has 0 unspecified atom stereocenters. The minimum atomic E-state index is -4.88. The second-order valence-corrected chi connectivity index (χ2v) is 12.2. The maximum Gasteiger partial charge on any atom is 0.454 e. The number of rotatable bonds is 17. The molecule has 47 heavy (non-hydrogen) atoms. The van der Waals surface area contributed by atoms with Gasteiger partial charge in [0.1, 0.15) is 0 Å². The Bertz CT molecular complexity index is 1250. The second kappa shape index (κ2) is 20.6. The average molecular weight is 669 g/mol. The molecule has 0 amide bonds. The van der Waals surface area contributed by atoms with Gasteiger partial charge in [0.2, 0.25) is 0 Å². The van der Waals surface area contributed by atoms with E-state index in [0.717, 1.165) is 32.1 Å². The Hall–Kier alpha value is -3.56. The molecule has 0 fully saturated rings. The molecular formula is C37H50F6N2O2. The highest BCUT2D eigenvalue weighted by atomic mass is 19.4. The van der Waals surface area contributed by atoms with Gasteiger partial charge in [-0.2, -0.15) is 26.3 Å². The summed E-state index contributed by atoms with van der Waals surface area (Å²) in [6, 6.07) is 16.0. The molecule has 2 rings (SSSR count). The minimum Gasteiger partial charge on any atom is -0.377 e. The Morgan fingerprint density at radius 3 is 1.26 bits per heavy atom. The Kier molecular flexibility index (Phi) is 18.2. The zero-order chi connectivity index (χ0) is 35.6. The van der Waals surface area contributed by atoms with Gasteiger partial charge in [0.05, 0.1) is 11.1 Å². The van der Waals surface area contributed by atoms with Crippen LogP contribution < -0.4 is 0 Å². The summed E-state index contributed by atoms with van der Waals surface area (Å²) in [5.74, 6) is -2.44. The molecule has 262 valence electrons. The molecule has 0 bridgehead atoms. The Morgan fingerprint density at radius 1 is 0.596 bits per heavy atom. The SMILES string of the molecule is CCN(/C=C(\C(=O)C(F)(F)F)c1ccccc1)CCCC(C)C.CCN(/C=C(\C(=O)C(F)(F)F)c1ccccc1)CCCCC(C)C. The van der Waals surface area contributed by atoms with Crippen LogP contribution in [-0.4, -0.2) is 59.9 Å². The third-order valence-corrected chi connectivity index (χ3v) is 7.31. The minimum absolute atomic E-state index is 0.289. The number of alkyl halides is 6. The first-order valence-electron chi connectivity index (χ1n) is 16.3. The molecule has 0 saturated heterocycles. The maximum absolute atomic E-state index is 12.9. The number of Topliss-reactive ketones (excluding diaryl/α,β-unsaturated/α-hetero) is 2. The Balaban J connectivity index is 0.000000470. The van der Waals surface area contributed by atoms with E-state index in [9.17, 15) is 35.9 Å². The first-order chi connectivity index (χ1) is 22.0. The van der Waals surface area contributed by atoms with Crippen molar-refractivity contribution in [3.8, 4) is 0 Å². The van der Waals surface area contributed by atoms with Gasteiger partial charge in [-0.15, -0.1) is 0 Å². The van der Waals surface area contributed by atoms with Crippen LogP contribution in [0.4, 0.5) is 26.3 Å². The third kappa shape index (κ3) is 16.2. The van der Waals surface area contributed by atoms with Crippen molar-refractivity contribution in [2.45, 2.75) is 86.0 Å². The normalized spacial score (nSPS) is 12.6. The van der Waals surface area contributed by atoms with E-state index >= 15 is 0 Å². The van der Waals surface area contributed by atoms with Crippen LogP contribution in [0.5, 0.6) is 0 Å². The Morgan fingerprint density at radius 2 is 0.936 bits per heavy atom. The highest BCUT2D eigenvalue weighted by Crippen LogP contribution is 2.29. The molecule has 2 aromatic carbocycles. The third-order valence-electron chi connectivity index (χ3n) is 7.31. The average Bonchev–Trinajstić information content (AvgIpc) is 3.01. The van der Waals surface area contributed by atoms with Crippen LogP contribution in [-0.2, 0) is 9.59 Å². The topological polar surface area (TPSA) is 40.6 Å². The molecule has 0 saturated carbocycles. The van der Waals surface area contributed by atoms with E-state index in [0.29, 0.717) is 43.6 Å². The van der Waals surface area contributed by atoms with Crippen molar-refractivity contribution in [1.29, 1.82) is 0 Å². The fourth-order valence-electron chi connectivity index (χ4n) is 4.63. The molecule has 0 heterocycles. The monoisotopic (exact) mass is 668 g/mol.